The molecule has 1 aliphatic rings. The summed E-state index contributed by atoms with van der Waals surface area (Å²) in [5.74, 6) is -0.766. The Hall–Kier alpha value is -0.920. The number of rotatable bonds is 8. The van der Waals surface area contributed by atoms with Crippen molar-refractivity contribution in [1.29, 1.82) is 0 Å². The molecule has 1 saturated heterocycles. The third-order valence-electron chi connectivity index (χ3n) is 5.44. The van der Waals surface area contributed by atoms with Crippen LogP contribution in [0.25, 0.3) is 0 Å². The number of benzene rings is 2. The van der Waals surface area contributed by atoms with Gasteiger partial charge in [0.2, 0.25) is 0 Å². The monoisotopic (exact) mass is 662 g/mol. The number of ether oxygens (including phenoxy) is 1. The Morgan fingerprint density at radius 3 is 2.71 bits per heavy atom. The van der Waals surface area contributed by atoms with Gasteiger partial charge in [0.05, 0.1) is 0 Å². The van der Waals surface area contributed by atoms with E-state index in [0.717, 1.165) is 32.0 Å². The van der Waals surface area contributed by atoms with Gasteiger partial charge in [0.25, 0.3) is 5.91 Å². The van der Waals surface area contributed by atoms with Crippen LogP contribution in [0.15, 0.2) is 35.2 Å². The number of nitrogens with one attached hydrogen (secondary N) is 1. The number of amides is 1. The fourth-order valence-electron chi connectivity index (χ4n) is 3.82. The van der Waals surface area contributed by atoms with Crippen LogP contribution >= 0.6 is 45.8 Å². The summed E-state index contributed by atoms with van der Waals surface area (Å²) < 4.78 is 56.5. The summed E-state index contributed by atoms with van der Waals surface area (Å²) in [6.07, 6.45) is -2.95. The molecule has 1 heterocycles. The smallest absolute Gasteiger partial charge is 0.573 e. The molecule has 12 heteroatoms. The number of piperidine rings is 1. The lowest BCUT2D eigenvalue weighted by Gasteiger charge is -2.30. The van der Waals surface area contributed by atoms with Gasteiger partial charge in [0, 0.05) is 50.3 Å². The zero-order valence-electron chi connectivity index (χ0n) is 18.8. The maximum Gasteiger partial charge on any atom is 0.573 e. The number of carbonyl (C=O) groups is 1. The number of halogens is 6. The highest BCUT2D eigenvalue weighted by molar-refractivity contribution is 14.1. The molecule has 35 heavy (non-hydrogen) atoms. The maximum absolute atomic E-state index is 13.2. The predicted octanol–water partition coefficient (Wildman–Crippen LogP) is 6.35. The first-order valence-electron chi connectivity index (χ1n) is 10.9. The highest BCUT2D eigenvalue weighted by Gasteiger charge is 2.33. The highest BCUT2D eigenvalue weighted by Crippen LogP contribution is 2.35. The van der Waals surface area contributed by atoms with Crippen molar-refractivity contribution in [1.82, 2.24) is 10.2 Å². The van der Waals surface area contributed by atoms with E-state index >= 15 is 0 Å². The van der Waals surface area contributed by atoms with Gasteiger partial charge in [0.15, 0.2) is 4.90 Å². The summed E-state index contributed by atoms with van der Waals surface area (Å²) in [6.45, 7) is 3.40. The van der Waals surface area contributed by atoms with Crippen LogP contribution in [0.2, 0.25) is 10.0 Å². The molecule has 0 bridgehead atoms. The molecule has 192 valence electrons. The number of hydrogen-bond donors (Lipinski definition) is 1. The van der Waals surface area contributed by atoms with Gasteiger partial charge in [-0.3, -0.25) is 9.69 Å². The van der Waals surface area contributed by atoms with Crippen molar-refractivity contribution in [3.63, 3.8) is 0 Å². The summed E-state index contributed by atoms with van der Waals surface area (Å²) in [6, 6.07) is 7.23. The van der Waals surface area contributed by atoms with Crippen LogP contribution in [0.1, 0.15) is 41.3 Å². The topological polar surface area (TPSA) is 64.6 Å². The van der Waals surface area contributed by atoms with Gasteiger partial charge >= 0.3 is 6.36 Å². The van der Waals surface area contributed by atoms with Crippen LogP contribution in [0.3, 0.4) is 0 Å². The predicted molar refractivity (Wildman–Crippen MR) is 140 cm³/mol. The highest BCUT2D eigenvalue weighted by atomic mass is 127. The van der Waals surface area contributed by atoms with Crippen LogP contribution in [0.4, 0.5) is 13.2 Å². The first-order chi connectivity index (χ1) is 16.5. The Bertz CT molecular complexity index is 1060. The second kappa shape index (κ2) is 12.6. The van der Waals surface area contributed by atoms with Crippen LogP contribution in [0.5, 0.6) is 5.75 Å². The van der Waals surface area contributed by atoms with E-state index in [1.807, 2.05) is 4.90 Å². The lowest BCUT2D eigenvalue weighted by Crippen LogP contribution is -2.35. The van der Waals surface area contributed by atoms with Gasteiger partial charge in [-0.2, -0.15) is 0 Å². The van der Waals surface area contributed by atoms with Gasteiger partial charge in [-0.05, 0) is 67.8 Å². The van der Waals surface area contributed by atoms with Crippen LogP contribution in [-0.4, -0.2) is 44.5 Å². The zero-order chi connectivity index (χ0) is 25.8. The van der Waals surface area contributed by atoms with E-state index in [4.69, 9.17) is 23.2 Å². The SMILES string of the molecule is CC[S+]([O-])c1ccc(Cl)cc1CNC(=O)c1cc(Cl)c(CN2CCC[C@H](I)C2)c(OC(F)(F)F)c1. The first kappa shape index (κ1) is 28.6. The van der Waals surface area contributed by atoms with Crippen molar-refractivity contribution in [3.8, 4) is 5.75 Å². The van der Waals surface area contributed by atoms with E-state index in [1.54, 1.807) is 25.1 Å². The number of nitrogens with zero attached hydrogens (tertiary/aromatic N) is 1. The van der Waals surface area contributed by atoms with E-state index in [9.17, 15) is 22.5 Å². The summed E-state index contributed by atoms with van der Waals surface area (Å²) in [7, 11) is 0. The summed E-state index contributed by atoms with van der Waals surface area (Å²) >= 11 is 13.5. The Morgan fingerprint density at radius 1 is 1.31 bits per heavy atom. The average Bonchev–Trinajstić information content (AvgIpc) is 2.78. The van der Waals surface area contributed by atoms with Crippen LogP contribution in [0, 0.1) is 0 Å². The van der Waals surface area contributed by atoms with Gasteiger partial charge in [0.1, 0.15) is 11.5 Å². The van der Waals surface area contributed by atoms with E-state index in [1.165, 1.54) is 6.07 Å². The molecular formula is C23H24Cl2F3IN2O3S. The second-order valence-electron chi connectivity index (χ2n) is 8.03. The molecule has 2 aromatic rings. The van der Waals surface area contributed by atoms with E-state index in [2.05, 4.69) is 32.6 Å². The summed E-state index contributed by atoms with van der Waals surface area (Å²) in [5, 5.41) is 3.07. The molecule has 2 atom stereocenters. The number of carbonyl (C=O) groups excluding carboxylic acids is 1. The normalized spacial score (nSPS) is 17.8. The molecule has 1 fully saturated rings. The standard InChI is InChI=1S/C23H24Cl2F3IN2O3S/c1-2-35(33)21-6-5-16(24)8-15(21)11-30-22(32)14-9-19(25)18(20(10-14)34-23(26,27)28)13-31-7-3-4-17(29)12-31/h5-6,8-10,17H,2-4,7,11-13H2,1H3,(H,30,32)/t17-,35?/m0/s1. The van der Waals surface area contributed by atoms with Gasteiger partial charge in [-0.1, -0.05) is 45.8 Å². The molecular weight excluding hydrogens is 639 g/mol. The lowest BCUT2D eigenvalue weighted by atomic mass is 10.1. The van der Waals surface area contributed by atoms with E-state index in [-0.39, 0.29) is 29.2 Å². The molecule has 2 aromatic carbocycles. The largest absolute Gasteiger partial charge is 0.611 e. The molecule has 1 aliphatic heterocycles. The Labute approximate surface area is 229 Å². The molecule has 0 aliphatic carbocycles. The molecule has 1 amide bonds. The van der Waals surface area contributed by atoms with Gasteiger partial charge in [-0.25, -0.2) is 0 Å². The molecule has 3 rings (SSSR count). The Kier molecular flexibility index (Phi) is 10.3. The minimum atomic E-state index is -4.94. The minimum absolute atomic E-state index is 0.0138. The summed E-state index contributed by atoms with van der Waals surface area (Å²) in [5.41, 5.74) is 0.657. The third kappa shape index (κ3) is 8.29. The van der Waals surface area contributed by atoms with Crippen molar-refractivity contribution < 1.29 is 27.3 Å². The summed E-state index contributed by atoms with van der Waals surface area (Å²) in [4.78, 5) is 15.4. The van der Waals surface area contributed by atoms with Crippen molar-refractivity contribution in [2.45, 2.75) is 48.0 Å². The Morgan fingerprint density at radius 2 is 2.06 bits per heavy atom. The second-order valence-corrected chi connectivity index (χ2v) is 12.3. The third-order valence-corrected chi connectivity index (χ3v) is 8.44. The van der Waals surface area contributed by atoms with Crippen molar-refractivity contribution in [2.24, 2.45) is 0 Å². The average molecular weight is 663 g/mol. The maximum atomic E-state index is 13.2. The lowest BCUT2D eigenvalue weighted by molar-refractivity contribution is -0.275. The molecule has 0 aromatic heterocycles. The van der Waals surface area contributed by atoms with E-state index in [0.29, 0.717) is 25.2 Å². The fraction of sp³-hybridized carbons (Fsp3) is 0.435. The zero-order valence-corrected chi connectivity index (χ0v) is 23.2. The number of alkyl halides is 4. The quantitative estimate of drug-likeness (QED) is 0.203. The van der Waals surface area contributed by atoms with Gasteiger partial charge < -0.3 is 14.6 Å². The van der Waals surface area contributed by atoms with Crippen LogP contribution < -0.4 is 10.1 Å². The van der Waals surface area contributed by atoms with Crippen molar-refractivity contribution in [2.75, 3.05) is 18.8 Å². The molecule has 0 spiro atoms. The van der Waals surface area contributed by atoms with Crippen molar-refractivity contribution in [3.05, 3.63) is 57.1 Å². The molecule has 0 radical (unpaired) electrons. The molecule has 1 unspecified atom stereocenters. The minimum Gasteiger partial charge on any atom is -0.611 e. The number of hydrogen-bond acceptors (Lipinski definition) is 4. The van der Waals surface area contributed by atoms with E-state index < -0.39 is 29.2 Å². The first-order valence-corrected chi connectivity index (χ1v) is 14.2. The fourth-order valence-corrected chi connectivity index (χ4v) is 6.24. The number of likely N-dealkylation sites (tertiary alicyclic amines) is 1. The Balaban J connectivity index is 1.84. The molecule has 5 nitrogen and oxygen atoms in total. The molecule has 0 saturated carbocycles. The van der Waals surface area contributed by atoms with Crippen molar-refractivity contribution >= 4 is 62.9 Å². The van der Waals surface area contributed by atoms with Crippen LogP contribution in [-0.2, 0) is 24.3 Å². The van der Waals surface area contributed by atoms with Gasteiger partial charge in [-0.15, -0.1) is 13.2 Å². The molecule has 1 N–H and O–H groups in total.